The summed E-state index contributed by atoms with van der Waals surface area (Å²) in [7, 11) is 0. The van der Waals surface area contributed by atoms with Gasteiger partial charge in [-0.1, -0.05) is 0 Å². The lowest BCUT2D eigenvalue weighted by molar-refractivity contribution is -0.142. The van der Waals surface area contributed by atoms with E-state index in [0.717, 1.165) is 44.1 Å². The molecule has 0 N–H and O–H groups in total. The summed E-state index contributed by atoms with van der Waals surface area (Å²) >= 11 is 0. The second-order valence-electron chi connectivity index (χ2n) is 11.3. The Balaban J connectivity index is 0.851. The lowest BCUT2D eigenvalue weighted by Crippen LogP contribution is -2.71. The zero-order valence-corrected chi connectivity index (χ0v) is 19.1. The van der Waals surface area contributed by atoms with Gasteiger partial charge < -0.3 is 14.5 Å². The molecule has 2 amide bonds. The predicted octanol–water partition coefficient (Wildman–Crippen LogP) is 3.26. The zero-order valence-electron chi connectivity index (χ0n) is 19.1. The molecule has 2 spiro atoms. The van der Waals surface area contributed by atoms with Crippen molar-refractivity contribution in [1.82, 2.24) is 34.5 Å². The van der Waals surface area contributed by atoms with E-state index in [1.54, 1.807) is 0 Å². The molecule has 35 heavy (non-hydrogen) atoms. The maximum absolute atomic E-state index is 12.9. The van der Waals surface area contributed by atoms with Crippen molar-refractivity contribution in [3.8, 4) is 5.88 Å². The van der Waals surface area contributed by atoms with Crippen molar-refractivity contribution in [2.24, 2.45) is 10.8 Å². The summed E-state index contributed by atoms with van der Waals surface area (Å²) in [5, 5.41) is 4.65. The Hall–Kier alpha value is -2.92. The first-order valence-electron chi connectivity index (χ1n) is 12.2. The third-order valence-electron chi connectivity index (χ3n) is 8.37. The van der Waals surface area contributed by atoms with Crippen molar-refractivity contribution in [2.75, 3.05) is 26.2 Å². The van der Waals surface area contributed by atoms with Crippen molar-refractivity contribution in [2.45, 2.75) is 62.8 Å². The van der Waals surface area contributed by atoms with E-state index in [-0.39, 0.29) is 28.8 Å². The molecule has 2 aliphatic heterocycles. The number of urea groups is 1. The topological polar surface area (TPSA) is 89.3 Å². The van der Waals surface area contributed by atoms with E-state index >= 15 is 0 Å². The van der Waals surface area contributed by atoms with Crippen molar-refractivity contribution in [3.05, 3.63) is 30.2 Å². The van der Waals surface area contributed by atoms with Crippen molar-refractivity contribution in [1.29, 1.82) is 0 Å². The Morgan fingerprint density at radius 2 is 1.63 bits per heavy atom. The van der Waals surface area contributed by atoms with Gasteiger partial charge in [-0.15, -0.1) is 0 Å². The Morgan fingerprint density at radius 3 is 2.26 bits per heavy atom. The van der Waals surface area contributed by atoms with Gasteiger partial charge in [-0.2, -0.15) is 18.3 Å². The highest BCUT2D eigenvalue weighted by atomic mass is 19.4. The van der Waals surface area contributed by atoms with E-state index in [2.05, 4.69) is 20.1 Å². The molecule has 9 nitrogen and oxygen atoms in total. The van der Waals surface area contributed by atoms with Crippen LogP contribution in [0.4, 0.5) is 18.0 Å². The molecule has 2 saturated heterocycles. The van der Waals surface area contributed by atoms with Gasteiger partial charge in [0, 0.05) is 49.0 Å². The van der Waals surface area contributed by atoms with E-state index in [9.17, 15) is 18.0 Å². The Bertz CT molecular complexity index is 1150. The zero-order chi connectivity index (χ0) is 24.0. The van der Waals surface area contributed by atoms with Crippen molar-refractivity contribution >= 4 is 6.03 Å². The highest BCUT2D eigenvalue weighted by Gasteiger charge is 2.59. The molecule has 0 atom stereocenters. The van der Waals surface area contributed by atoms with E-state index in [1.807, 2.05) is 20.8 Å². The number of carbonyl (C=O) groups is 1. The summed E-state index contributed by atoms with van der Waals surface area (Å²) in [6.45, 7) is 2.96. The van der Waals surface area contributed by atoms with E-state index < -0.39 is 11.9 Å². The van der Waals surface area contributed by atoms with Gasteiger partial charge in [-0.3, -0.25) is 0 Å². The fourth-order valence-corrected chi connectivity index (χ4v) is 6.35. The molecule has 0 bridgehead atoms. The largest absolute Gasteiger partial charge is 0.474 e. The number of alkyl halides is 3. The molecule has 3 saturated carbocycles. The highest BCUT2D eigenvalue weighted by molar-refractivity contribution is 5.77. The molecule has 5 aliphatic rings. The van der Waals surface area contributed by atoms with E-state index in [1.165, 1.54) is 12.8 Å². The molecule has 5 fully saturated rings. The van der Waals surface area contributed by atoms with Crippen LogP contribution in [0.5, 0.6) is 5.88 Å². The highest BCUT2D eigenvalue weighted by Crippen LogP contribution is 2.55. The molecule has 186 valence electrons. The van der Waals surface area contributed by atoms with Crippen LogP contribution in [0.25, 0.3) is 0 Å². The number of likely N-dealkylation sites (tertiary alicyclic amines) is 2. The molecule has 12 heteroatoms. The van der Waals surface area contributed by atoms with Crippen LogP contribution in [0.15, 0.2) is 18.7 Å². The Morgan fingerprint density at radius 1 is 0.971 bits per heavy atom. The minimum atomic E-state index is -4.53. The molecule has 0 radical (unpaired) electrons. The fraction of sp³-hybridized carbons (Fsp3) is 0.696. The number of rotatable bonds is 4. The quantitative estimate of drug-likeness (QED) is 0.655. The average Bonchev–Trinajstić information content (AvgIpc) is 3.44. The predicted molar refractivity (Wildman–Crippen MR) is 114 cm³/mol. The van der Waals surface area contributed by atoms with Gasteiger partial charge in [0.25, 0.3) is 0 Å². The normalized spacial score (nSPS) is 25.1. The smallest absolute Gasteiger partial charge is 0.433 e. The molecule has 2 aromatic heterocycles. The summed E-state index contributed by atoms with van der Waals surface area (Å²) in [6, 6.07) is 1.33. The number of nitrogens with zero attached hydrogens (tertiary/aromatic N) is 7. The maximum atomic E-state index is 12.9. The molecule has 0 unspecified atom stereocenters. The number of hydrogen-bond acceptors (Lipinski definition) is 6. The second kappa shape index (κ2) is 7.07. The van der Waals surface area contributed by atoms with Crippen LogP contribution in [0.1, 0.15) is 62.0 Å². The van der Waals surface area contributed by atoms with E-state index in [4.69, 9.17) is 4.74 Å². The minimum absolute atomic E-state index is 0.0245. The van der Waals surface area contributed by atoms with Crippen LogP contribution in [0, 0.1) is 10.8 Å². The fourth-order valence-electron chi connectivity index (χ4n) is 6.35. The van der Waals surface area contributed by atoms with Gasteiger partial charge >= 0.3 is 12.2 Å². The molecule has 2 aromatic rings. The Labute approximate surface area is 199 Å². The van der Waals surface area contributed by atoms with Gasteiger partial charge in [-0.25, -0.2) is 24.4 Å². The Kier molecular flexibility index (Phi) is 4.32. The summed E-state index contributed by atoms with van der Waals surface area (Å²) in [4.78, 5) is 28.2. The van der Waals surface area contributed by atoms with Crippen LogP contribution in [0.3, 0.4) is 0 Å². The van der Waals surface area contributed by atoms with Gasteiger partial charge in [-0.05, 0) is 38.5 Å². The molecule has 4 heterocycles. The molecule has 3 aliphatic carbocycles. The van der Waals surface area contributed by atoms with Gasteiger partial charge in [0.15, 0.2) is 11.5 Å². The van der Waals surface area contributed by atoms with E-state index in [0.29, 0.717) is 37.9 Å². The van der Waals surface area contributed by atoms with Gasteiger partial charge in [0.2, 0.25) is 5.88 Å². The minimum Gasteiger partial charge on any atom is -0.474 e. The molecule has 7 rings (SSSR count). The first kappa shape index (κ1) is 21.4. The average molecular weight is 490 g/mol. The van der Waals surface area contributed by atoms with Crippen LogP contribution < -0.4 is 4.74 Å². The monoisotopic (exact) mass is 489 g/mol. The third-order valence-corrected chi connectivity index (χ3v) is 8.37. The lowest BCUT2D eigenvalue weighted by atomic mass is 9.60. The number of ether oxygens (including phenoxy) is 1. The number of aromatic nitrogens is 5. The number of hydrogen-bond donors (Lipinski definition) is 0. The third kappa shape index (κ3) is 3.63. The SMILES string of the molecule is O=C(N1CC2(CC(Oc3cc(C(F)(F)F)ncn3)C2)C1)N1CC2(CC(n3cnc(C4CC4)n3)C2)C1. The summed E-state index contributed by atoms with van der Waals surface area (Å²) in [5.74, 6) is 1.49. The number of carbonyl (C=O) groups excluding carboxylic acids is 1. The number of halogens is 3. The standard InChI is InChI=1S/C23H26F3N7O2/c24-23(25,26)17-3-18(28-12-27-17)35-16-6-22(7-16)10-32(11-22)20(34)31-8-21(9-31)4-15(5-21)33-13-29-19(30-33)14-1-2-14/h3,12-16H,1-2,4-11H2. The molecular formula is C23H26F3N7O2. The van der Waals surface area contributed by atoms with Crippen LogP contribution >= 0.6 is 0 Å². The van der Waals surface area contributed by atoms with Crippen LogP contribution in [0.2, 0.25) is 0 Å². The molecule has 0 aromatic carbocycles. The summed E-state index contributed by atoms with van der Waals surface area (Å²) in [5.41, 5.74) is -0.751. The number of amides is 2. The van der Waals surface area contributed by atoms with Crippen LogP contribution in [-0.2, 0) is 6.18 Å². The van der Waals surface area contributed by atoms with Gasteiger partial charge in [0.1, 0.15) is 18.8 Å². The first-order chi connectivity index (χ1) is 16.7. The van der Waals surface area contributed by atoms with Gasteiger partial charge in [0.05, 0.1) is 6.04 Å². The van der Waals surface area contributed by atoms with Crippen LogP contribution in [-0.4, -0.2) is 72.8 Å². The lowest BCUT2D eigenvalue weighted by Gasteiger charge is -2.62. The summed E-state index contributed by atoms with van der Waals surface area (Å²) < 4.78 is 46.1. The summed E-state index contributed by atoms with van der Waals surface area (Å²) in [6.07, 6.45) is 3.96. The van der Waals surface area contributed by atoms with Crippen molar-refractivity contribution in [3.63, 3.8) is 0 Å². The first-order valence-corrected chi connectivity index (χ1v) is 12.2. The maximum Gasteiger partial charge on any atom is 0.433 e. The second-order valence-corrected chi connectivity index (χ2v) is 11.3. The van der Waals surface area contributed by atoms with Crippen molar-refractivity contribution < 1.29 is 22.7 Å². The molecular weight excluding hydrogens is 463 g/mol.